The Labute approximate surface area is 139 Å². The molecular weight excluding hydrogens is 310 g/mol. The molecular formula is C18H16ClN3O. The molecule has 0 spiro atoms. The van der Waals surface area contributed by atoms with Crippen LogP contribution in [0.1, 0.15) is 28.7 Å². The molecule has 0 radical (unpaired) electrons. The summed E-state index contributed by atoms with van der Waals surface area (Å²) in [5, 5.41) is 15.7. The average molecular weight is 326 g/mol. The highest BCUT2D eigenvalue weighted by atomic mass is 35.5. The molecule has 3 unspecified atom stereocenters. The van der Waals surface area contributed by atoms with Gasteiger partial charge in [-0.05, 0) is 28.8 Å². The van der Waals surface area contributed by atoms with Gasteiger partial charge in [-0.2, -0.15) is 5.10 Å². The molecule has 0 bridgehead atoms. The van der Waals surface area contributed by atoms with Gasteiger partial charge in [-0.25, -0.2) is 9.67 Å². The van der Waals surface area contributed by atoms with E-state index in [-0.39, 0.29) is 12.0 Å². The molecule has 4 nitrogen and oxygen atoms in total. The van der Waals surface area contributed by atoms with Crippen molar-refractivity contribution in [3.8, 4) is 0 Å². The minimum Gasteiger partial charge on any atom is -0.391 e. The van der Waals surface area contributed by atoms with Crippen LogP contribution in [0.15, 0.2) is 61.2 Å². The molecule has 1 aliphatic rings. The van der Waals surface area contributed by atoms with Crippen LogP contribution in [-0.2, 0) is 6.42 Å². The predicted molar refractivity (Wildman–Crippen MR) is 88.5 cm³/mol. The van der Waals surface area contributed by atoms with Crippen LogP contribution in [0.2, 0.25) is 5.02 Å². The van der Waals surface area contributed by atoms with Gasteiger partial charge >= 0.3 is 0 Å². The molecule has 23 heavy (non-hydrogen) atoms. The number of aromatic nitrogens is 3. The lowest BCUT2D eigenvalue weighted by molar-refractivity contribution is 0.0878. The van der Waals surface area contributed by atoms with Crippen molar-refractivity contribution in [2.24, 2.45) is 0 Å². The maximum Gasteiger partial charge on any atom is 0.137 e. The van der Waals surface area contributed by atoms with Gasteiger partial charge in [0.15, 0.2) is 0 Å². The van der Waals surface area contributed by atoms with E-state index in [0.717, 1.165) is 5.56 Å². The Balaban J connectivity index is 1.89. The van der Waals surface area contributed by atoms with Crippen LogP contribution in [0.5, 0.6) is 0 Å². The summed E-state index contributed by atoms with van der Waals surface area (Å²) in [7, 11) is 0. The zero-order valence-electron chi connectivity index (χ0n) is 12.4. The Morgan fingerprint density at radius 1 is 1.09 bits per heavy atom. The Bertz CT molecular complexity index is 801. The van der Waals surface area contributed by atoms with Gasteiger partial charge in [0.1, 0.15) is 12.7 Å². The van der Waals surface area contributed by atoms with Crippen molar-refractivity contribution in [2.45, 2.75) is 24.5 Å². The molecule has 116 valence electrons. The lowest BCUT2D eigenvalue weighted by atomic mass is 9.74. The van der Waals surface area contributed by atoms with E-state index in [9.17, 15) is 5.11 Å². The average Bonchev–Trinajstić information content (AvgIpc) is 3.08. The highest BCUT2D eigenvalue weighted by molar-refractivity contribution is 6.30. The summed E-state index contributed by atoms with van der Waals surface area (Å²) in [5.74, 6) is 0.00826. The summed E-state index contributed by atoms with van der Waals surface area (Å²) in [6.45, 7) is 0. The van der Waals surface area contributed by atoms with Crippen LogP contribution in [0, 0.1) is 0 Å². The summed E-state index contributed by atoms with van der Waals surface area (Å²) in [5.41, 5.74) is 3.51. The third-order valence-corrected chi connectivity index (χ3v) is 4.78. The molecule has 0 amide bonds. The molecule has 5 heteroatoms. The number of halogens is 1. The number of aliphatic hydroxyl groups excluding tert-OH is 1. The number of benzene rings is 2. The fraction of sp³-hybridized carbons (Fsp3) is 0.222. The normalized spacial score (nSPS) is 23.5. The predicted octanol–water partition coefficient (Wildman–Crippen LogP) is 3.22. The minimum atomic E-state index is -0.521. The van der Waals surface area contributed by atoms with Gasteiger partial charge in [-0.1, -0.05) is 48.0 Å². The zero-order chi connectivity index (χ0) is 15.8. The number of rotatable bonds is 2. The van der Waals surface area contributed by atoms with Gasteiger partial charge < -0.3 is 5.11 Å². The first kappa shape index (κ1) is 14.4. The Morgan fingerprint density at radius 2 is 1.87 bits per heavy atom. The van der Waals surface area contributed by atoms with Crippen molar-refractivity contribution >= 4 is 11.6 Å². The fourth-order valence-electron chi connectivity index (χ4n) is 3.52. The molecule has 1 aromatic heterocycles. The van der Waals surface area contributed by atoms with E-state index < -0.39 is 6.10 Å². The molecule has 4 rings (SSSR count). The molecule has 0 aliphatic heterocycles. The van der Waals surface area contributed by atoms with Crippen molar-refractivity contribution in [1.29, 1.82) is 0 Å². The Hall–Kier alpha value is -2.17. The standard InChI is InChI=1S/C18H16ClN3O/c19-14-7-5-12(6-8-14)17-15-4-2-1-3-13(15)9-16(23)18(17)22-11-20-10-21-22/h1-8,10-11,16-18,23H,9H2. The molecule has 2 aromatic carbocycles. The zero-order valence-corrected chi connectivity index (χ0v) is 13.1. The van der Waals surface area contributed by atoms with Gasteiger partial charge in [-0.3, -0.25) is 0 Å². The number of fused-ring (bicyclic) bond motifs is 1. The van der Waals surface area contributed by atoms with Crippen molar-refractivity contribution in [3.63, 3.8) is 0 Å². The fourth-order valence-corrected chi connectivity index (χ4v) is 3.65. The number of hydrogen-bond acceptors (Lipinski definition) is 3. The van der Waals surface area contributed by atoms with Crippen molar-refractivity contribution in [1.82, 2.24) is 14.8 Å². The van der Waals surface area contributed by atoms with Crippen LogP contribution in [0.25, 0.3) is 0 Å². The largest absolute Gasteiger partial charge is 0.391 e. The highest BCUT2D eigenvalue weighted by Crippen LogP contribution is 2.43. The van der Waals surface area contributed by atoms with E-state index in [0.29, 0.717) is 11.4 Å². The summed E-state index contributed by atoms with van der Waals surface area (Å²) < 4.78 is 1.76. The molecule has 1 N–H and O–H groups in total. The first-order valence-electron chi connectivity index (χ1n) is 7.59. The third-order valence-electron chi connectivity index (χ3n) is 4.53. The van der Waals surface area contributed by atoms with Crippen LogP contribution in [0.4, 0.5) is 0 Å². The van der Waals surface area contributed by atoms with Crippen LogP contribution in [-0.4, -0.2) is 26.0 Å². The maximum absolute atomic E-state index is 10.8. The van der Waals surface area contributed by atoms with Gasteiger partial charge in [0, 0.05) is 17.4 Å². The van der Waals surface area contributed by atoms with Gasteiger partial charge in [0.05, 0.1) is 12.1 Å². The second-order valence-electron chi connectivity index (χ2n) is 5.87. The molecule has 1 aliphatic carbocycles. The minimum absolute atomic E-state index is 0.00826. The number of hydrogen-bond donors (Lipinski definition) is 1. The lowest BCUT2D eigenvalue weighted by Crippen LogP contribution is -2.36. The van der Waals surface area contributed by atoms with Crippen LogP contribution >= 0.6 is 11.6 Å². The Morgan fingerprint density at radius 3 is 2.61 bits per heavy atom. The van der Waals surface area contributed by atoms with E-state index in [1.807, 2.05) is 36.4 Å². The molecule has 1 heterocycles. The lowest BCUT2D eigenvalue weighted by Gasteiger charge is -2.37. The summed E-state index contributed by atoms with van der Waals surface area (Å²) in [6, 6.07) is 15.9. The van der Waals surface area contributed by atoms with Crippen molar-refractivity contribution in [3.05, 3.63) is 82.9 Å². The molecule has 0 saturated carbocycles. The summed E-state index contributed by atoms with van der Waals surface area (Å²) in [6.07, 6.45) is 3.27. The van der Waals surface area contributed by atoms with Crippen LogP contribution in [0.3, 0.4) is 0 Å². The van der Waals surface area contributed by atoms with E-state index in [2.05, 4.69) is 22.2 Å². The quantitative estimate of drug-likeness (QED) is 0.787. The second kappa shape index (κ2) is 5.80. The topological polar surface area (TPSA) is 50.9 Å². The van der Waals surface area contributed by atoms with E-state index in [4.69, 9.17) is 11.6 Å². The smallest absolute Gasteiger partial charge is 0.137 e. The molecule has 0 saturated heterocycles. The summed E-state index contributed by atoms with van der Waals surface area (Å²) >= 11 is 6.04. The molecule has 0 fully saturated rings. The van der Waals surface area contributed by atoms with Gasteiger partial charge in [-0.15, -0.1) is 0 Å². The van der Waals surface area contributed by atoms with Crippen molar-refractivity contribution in [2.75, 3.05) is 0 Å². The SMILES string of the molecule is OC1Cc2ccccc2C(c2ccc(Cl)cc2)C1n1cncn1. The second-order valence-corrected chi connectivity index (χ2v) is 6.30. The molecule has 3 aromatic rings. The first-order valence-corrected chi connectivity index (χ1v) is 7.97. The monoisotopic (exact) mass is 325 g/mol. The van der Waals surface area contributed by atoms with E-state index in [1.165, 1.54) is 17.5 Å². The number of nitrogens with zero attached hydrogens (tertiary/aromatic N) is 3. The maximum atomic E-state index is 10.8. The van der Waals surface area contributed by atoms with E-state index >= 15 is 0 Å². The highest BCUT2D eigenvalue weighted by Gasteiger charge is 2.38. The van der Waals surface area contributed by atoms with Gasteiger partial charge in [0.25, 0.3) is 0 Å². The van der Waals surface area contributed by atoms with Gasteiger partial charge in [0.2, 0.25) is 0 Å². The summed E-state index contributed by atoms with van der Waals surface area (Å²) in [4.78, 5) is 4.05. The molecule has 3 atom stereocenters. The Kier molecular flexibility index (Phi) is 3.63. The van der Waals surface area contributed by atoms with E-state index in [1.54, 1.807) is 11.0 Å². The van der Waals surface area contributed by atoms with Crippen molar-refractivity contribution < 1.29 is 5.11 Å². The third kappa shape index (κ3) is 2.54. The van der Waals surface area contributed by atoms with Crippen LogP contribution < -0.4 is 0 Å². The first-order chi connectivity index (χ1) is 11.2. The number of aliphatic hydroxyl groups is 1.